The predicted molar refractivity (Wildman–Crippen MR) is 77.6 cm³/mol. The van der Waals surface area contributed by atoms with E-state index < -0.39 is 0 Å². The van der Waals surface area contributed by atoms with Gasteiger partial charge in [-0.3, -0.25) is 9.97 Å². The van der Waals surface area contributed by atoms with Gasteiger partial charge in [0.15, 0.2) is 0 Å². The van der Waals surface area contributed by atoms with E-state index in [1.807, 2.05) is 49.5 Å². The van der Waals surface area contributed by atoms with Crippen molar-refractivity contribution in [1.82, 2.24) is 9.97 Å². The van der Waals surface area contributed by atoms with Gasteiger partial charge in [0.2, 0.25) is 0 Å². The van der Waals surface area contributed by atoms with E-state index in [0.29, 0.717) is 0 Å². The normalized spacial score (nSPS) is 12.5. The van der Waals surface area contributed by atoms with Gasteiger partial charge in [0.25, 0.3) is 0 Å². The van der Waals surface area contributed by atoms with Gasteiger partial charge in [0.05, 0.1) is 11.2 Å². The molecule has 1 unspecified atom stereocenters. The van der Waals surface area contributed by atoms with Crippen LogP contribution in [0, 0.1) is 0 Å². The molecule has 3 aromatic rings. The van der Waals surface area contributed by atoms with Crippen LogP contribution in [-0.4, -0.2) is 9.97 Å². The molecule has 94 valence electrons. The highest BCUT2D eigenvalue weighted by Gasteiger charge is 2.14. The molecule has 3 rings (SSSR count). The van der Waals surface area contributed by atoms with Gasteiger partial charge in [-0.25, -0.2) is 0 Å². The molecule has 19 heavy (non-hydrogen) atoms. The Labute approximate surface area is 112 Å². The smallest absolute Gasteiger partial charge is 0.0712 e. The number of pyridine rings is 2. The maximum absolute atomic E-state index is 6.08. The Hall–Kier alpha value is -2.26. The molecule has 0 bridgehead atoms. The van der Waals surface area contributed by atoms with Crippen LogP contribution in [0.15, 0.2) is 54.9 Å². The number of nitrogens with zero attached hydrogens (tertiary/aromatic N) is 2. The number of hydrogen-bond acceptors (Lipinski definition) is 3. The summed E-state index contributed by atoms with van der Waals surface area (Å²) in [5.74, 6) is 0. The molecule has 0 amide bonds. The molecule has 0 aliphatic carbocycles. The van der Waals surface area contributed by atoms with Crippen LogP contribution < -0.4 is 5.73 Å². The van der Waals surface area contributed by atoms with E-state index in [1.165, 1.54) is 0 Å². The van der Waals surface area contributed by atoms with E-state index in [9.17, 15) is 0 Å². The number of aromatic nitrogens is 2. The van der Waals surface area contributed by atoms with Crippen LogP contribution in [0.5, 0.6) is 0 Å². The number of para-hydroxylation sites is 1. The first-order chi connectivity index (χ1) is 9.27. The van der Waals surface area contributed by atoms with Gasteiger partial charge in [-0.15, -0.1) is 0 Å². The van der Waals surface area contributed by atoms with Crippen molar-refractivity contribution in [3.05, 3.63) is 60.4 Å². The highest BCUT2D eigenvalue weighted by atomic mass is 14.7. The van der Waals surface area contributed by atoms with E-state index in [2.05, 4.69) is 16.0 Å². The van der Waals surface area contributed by atoms with Crippen molar-refractivity contribution in [2.75, 3.05) is 0 Å². The standard InChI is InChI=1S/C16H15N3/c1-11(17)13-10-19-14-7-3-2-6-12(14)16(13)15-8-4-5-9-18-15/h2-11H,17H2,1H3. The molecule has 3 nitrogen and oxygen atoms in total. The monoisotopic (exact) mass is 249 g/mol. The molecule has 0 radical (unpaired) electrons. The first kappa shape index (κ1) is 11.8. The summed E-state index contributed by atoms with van der Waals surface area (Å²) in [4.78, 5) is 8.94. The minimum absolute atomic E-state index is 0.0749. The third-order valence-electron chi connectivity index (χ3n) is 3.22. The van der Waals surface area contributed by atoms with Crippen molar-refractivity contribution in [3.63, 3.8) is 0 Å². The van der Waals surface area contributed by atoms with Crippen molar-refractivity contribution in [2.45, 2.75) is 13.0 Å². The summed E-state index contributed by atoms with van der Waals surface area (Å²) in [5, 5.41) is 1.09. The summed E-state index contributed by atoms with van der Waals surface area (Å²) >= 11 is 0. The summed E-state index contributed by atoms with van der Waals surface area (Å²) < 4.78 is 0. The lowest BCUT2D eigenvalue weighted by Crippen LogP contribution is -2.08. The fourth-order valence-electron chi connectivity index (χ4n) is 2.30. The third kappa shape index (κ3) is 2.09. The molecule has 0 aliphatic heterocycles. The summed E-state index contributed by atoms with van der Waals surface area (Å²) in [6, 6.07) is 13.9. The van der Waals surface area contributed by atoms with E-state index in [0.717, 1.165) is 27.7 Å². The second-order valence-electron chi connectivity index (χ2n) is 4.61. The molecule has 0 aliphatic rings. The Kier molecular flexibility index (Phi) is 2.97. The molecule has 2 heterocycles. The fraction of sp³-hybridized carbons (Fsp3) is 0.125. The van der Waals surface area contributed by atoms with Crippen molar-refractivity contribution in [2.24, 2.45) is 5.73 Å². The minimum atomic E-state index is -0.0749. The Morgan fingerprint density at radius 2 is 1.79 bits per heavy atom. The lowest BCUT2D eigenvalue weighted by Gasteiger charge is -2.14. The second-order valence-corrected chi connectivity index (χ2v) is 4.61. The molecule has 2 aromatic heterocycles. The van der Waals surface area contributed by atoms with Crippen molar-refractivity contribution in [3.8, 4) is 11.3 Å². The van der Waals surface area contributed by atoms with Crippen LogP contribution in [-0.2, 0) is 0 Å². The summed E-state index contributed by atoms with van der Waals surface area (Å²) in [6.07, 6.45) is 3.66. The molecule has 1 aromatic carbocycles. The molecule has 2 N–H and O–H groups in total. The van der Waals surface area contributed by atoms with Gasteiger partial charge in [0, 0.05) is 29.4 Å². The van der Waals surface area contributed by atoms with Crippen LogP contribution in [0.25, 0.3) is 22.2 Å². The summed E-state index contributed by atoms with van der Waals surface area (Å²) in [7, 11) is 0. The Morgan fingerprint density at radius 1 is 1.00 bits per heavy atom. The van der Waals surface area contributed by atoms with E-state index in [1.54, 1.807) is 6.20 Å². The number of fused-ring (bicyclic) bond motifs is 1. The average Bonchev–Trinajstić information content (AvgIpc) is 2.46. The van der Waals surface area contributed by atoms with Gasteiger partial charge in [-0.2, -0.15) is 0 Å². The zero-order chi connectivity index (χ0) is 13.2. The third-order valence-corrected chi connectivity index (χ3v) is 3.22. The SMILES string of the molecule is CC(N)c1cnc2ccccc2c1-c1ccccn1. The minimum Gasteiger partial charge on any atom is -0.324 e. The summed E-state index contributed by atoms with van der Waals surface area (Å²) in [5.41, 5.74) is 10.1. The molecule has 0 fully saturated rings. The number of rotatable bonds is 2. The molecule has 0 saturated carbocycles. The summed E-state index contributed by atoms with van der Waals surface area (Å²) in [6.45, 7) is 1.97. The molecular formula is C16H15N3. The van der Waals surface area contributed by atoms with Gasteiger partial charge in [0.1, 0.15) is 0 Å². The quantitative estimate of drug-likeness (QED) is 0.758. The second kappa shape index (κ2) is 4.78. The average molecular weight is 249 g/mol. The van der Waals surface area contributed by atoms with E-state index >= 15 is 0 Å². The molecular weight excluding hydrogens is 234 g/mol. The number of hydrogen-bond donors (Lipinski definition) is 1. The molecule has 3 heteroatoms. The zero-order valence-electron chi connectivity index (χ0n) is 10.7. The van der Waals surface area contributed by atoms with Crippen LogP contribution in [0.4, 0.5) is 0 Å². The molecule has 0 spiro atoms. The van der Waals surface area contributed by atoms with Gasteiger partial charge in [-0.05, 0) is 30.7 Å². The van der Waals surface area contributed by atoms with Crippen LogP contribution in [0.1, 0.15) is 18.5 Å². The first-order valence-corrected chi connectivity index (χ1v) is 6.32. The fourth-order valence-corrected chi connectivity index (χ4v) is 2.30. The lowest BCUT2D eigenvalue weighted by molar-refractivity contribution is 0.816. The Morgan fingerprint density at radius 3 is 2.53 bits per heavy atom. The van der Waals surface area contributed by atoms with Gasteiger partial charge < -0.3 is 5.73 Å². The van der Waals surface area contributed by atoms with Gasteiger partial charge in [-0.1, -0.05) is 24.3 Å². The van der Waals surface area contributed by atoms with Crippen LogP contribution in [0.2, 0.25) is 0 Å². The van der Waals surface area contributed by atoms with E-state index in [4.69, 9.17) is 5.73 Å². The molecule has 0 saturated heterocycles. The van der Waals surface area contributed by atoms with Crippen LogP contribution in [0.3, 0.4) is 0 Å². The highest BCUT2D eigenvalue weighted by molar-refractivity contribution is 5.95. The van der Waals surface area contributed by atoms with E-state index in [-0.39, 0.29) is 6.04 Å². The largest absolute Gasteiger partial charge is 0.324 e. The maximum atomic E-state index is 6.08. The Balaban J connectivity index is 2.39. The van der Waals surface area contributed by atoms with Crippen LogP contribution >= 0.6 is 0 Å². The number of benzene rings is 1. The first-order valence-electron chi connectivity index (χ1n) is 6.32. The van der Waals surface area contributed by atoms with Gasteiger partial charge >= 0.3 is 0 Å². The van der Waals surface area contributed by atoms with Crippen molar-refractivity contribution in [1.29, 1.82) is 0 Å². The molecule has 1 atom stereocenters. The van der Waals surface area contributed by atoms with Crippen molar-refractivity contribution < 1.29 is 0 Å². The lowest BCUT2D eigenvalue weighted by atomic mass is 9.96. The number of nitrogens with two attached hydrogens (primary N) is 1. The zero-order valence-corrected chi connectivity index (χ0v) is 10.7. The topological polar surface area (TPSA) is 51.8 Å². The predicted octanol–water partition coefficient (Wildman–Crippen LogP) is 3.32. The van der Waals surface area contributed by atoms with Crippen molar-refractivity contribution >= 4 is 10.9 Å². The maximum Gasteiger partial charge on any atom is 0.0712 e. The highest BCUT2D eigenvalue weighted by Crippen LogP contribution is 2.32. The Bertz CT molecular complexity index is 706.